The van der Waals surface area contributed by atoms with Gasteiger partial charge in [-0.1, -0.05) is 18.2 Å². The monoisotopic (exact) mass is 365 g/mol. The summed E-state index contributed by atoms with van der Waals surface area (Å²) in [6, 6.07) is 8.32. The maximum absolute atomic E-state index is 12.3. The molecule has 0 radical (unpaired) electrons. The summed E-state index contributed by atoms with van der Waals surface area (Å²) in [5.74, 6) is -2.32. The molecule has 26 heavy (non-hydrogen) atoms. The van der Waals surface area contributed by atoms with Gasteiger partial charge >= 0.3 is 12.2 Å². The summed E-state index contributed by atoms with van der Waals surface area (Å²) in [5.41, 5.74) is 0. The molecule has 0 aliphatic carbocycles. The van der Waals surface area contributed by atoms with E-state index in [4.69, 9.17) is 23.7 Å². The van der Waals surface area contributed by atoms with E-state index in [2.05, 4.69) is 0 Å². The first kappa shape index (κ1) is 17.2. The second kappa shape index (κ2) is 5.92. The third-order valence-corrected chi connectivity index (χ3v) is 4.50. The Kier molecular flexibility index (Phi) is 3.92. The summed E-state index contributed by atoms with van der Waals surface area (Å²) >= 11 is 0. The van der Waals surface area contributed by atoms with E-state index >= 15 is 0 Å². The van der Waals surface area contributed by atoms with Crippen molar-refractivity contribution in [2.45, 2.75) is 43.7 Å². The number of aliphatic hydroxyl groups is 1. The Bertz CT molecular complexity index is 723. The number of aliphatic hydroxyl groups excluding tert-OH is 1. The van der Waals surface area contributed by atoms with Crippen LogP contribution in [0.4, 0.5) is 9.59 Å². The van der Waals surface area contributed by atoms with Gasteiger partial charge in [-0.25, -0.2) is 14.5 Å². The Morgan fingerprint density at radius 1 is 1.27 bits per heavy atom. The van der Waals surface area contributed by atoms with Crippen LogP contribution in [-0.2, 0) is 18.9 Å². The molecule has 3 saturated heterocycles. The normalized spacial score (nSPS) is 35.3. The first-order valence-corrected chi connectivity index (χ1v) is 8.25. The number of carbonyl (C=O) groups is 2. The van der Waals surface area contributed by atoms with E-state index < -0.39 is 42.1 Å². The molecule has 0 saturated carbocycles. The molecule has 3 heterocycles. The van der Waals surface area contributed by atoms with Crippen LogP contribution >= 0.6 is 0 Å². The Morgan fingerprint density at radius 2 is 2.00 bits per heavy atom. The molecule has 140 valence electrons. The van der Waals surface area contributed by atoms with E-state index in [1.165, 1.54) is 0 Å². The molecule has 3 aliphatic rings. The molecule has 1 aromatic carbocycles. The second-order valence-electron chi connectivity index (χ2n) is 6.84. The number of hydrogen-bond donors (Lipinski definition) is 1. The molecule has 0 bridgehead atoms. The van der Waals surface area contributed by atoms with E-state index in [9.17, 15) is 14.7 Å². The zero-order valence-electron chi connectivity index (χ0n) is 14.3. The number of fused-ring (bicyclic) bond motifs is 1. The molecule has 1 spiro atoms. The van der Waals surface area contributed by atoms with Gasteiger partial charge in [-0.3, -0.25) is 0 Å². The van der Waals surface area contributed by atoms with Gasteiger partial charge < -0.3 is 28.8 Å². The minimum absolute atomic E-state index is 0.0556. The van der Waals surface area contributed by atoms with Gasteiger partial charge in [0, 0.05) is 0 Å². The molecule has 1 aromatic rings. The SMILES string of the molecule is CC1(C)O[C@@H]2[C@@H](CO[C@]3(CN(C(=O)Oc4ccccc4)C(=O)O3)[C@H]2O)O1. The number of hydrogen-bond acceptors (Lipinski definition) is 8. The standard InChI is InChI=1S/C17H19NO8/c1-16(2)24-11-8-22-17(13(19)12(11)25-16)9-18(15(21)26-17)14(20)23-10-6-4-3-5-7-10/h3-7,11-13,19H,8-9H2,1-2H3/t11-,12-,13+,17+/m1/s1. The fourth-order valence-electron chi connectivity index (χ4n) is 3.35. The average molecular weight is 365 g/mol. The lowest BCUT2D eigenvalue weighted by atomic mass is 9.97. The van der Waals surface area contributed by atoms with Crippen LogP contribution in [-0.4, -0.2) is 65.2 Å². The molecule has 9 nitrogen and oxygen atoms in total. The number of rotatable bonds is 1. The topological polar surface area (TPSA) is 104 Å². The summed E-state index contributed by atoms with van der Waals surface area (Å²) in [7, 11) is 0. The zero-order valence-corrected chi connectivity index (χ0v) is 14.3. The molecule has 4 atom stereocenters. The van der Waals surface area contributed by atoms with Crippen molar-refractivity contribution >= 4 is 12.2 Å². The predicted octanol–water partition coefficient (Wildman–Crippen LogP) is 1.25. The lowest BCUT2D eigenvalue weighted by Gasteiger charge is -2.40. The van der Waals surface area contributed by atoms with Crippen LogP contribution in [0.3, 0.4) is 0 Å². The van der Waals surface area contributed by atoms with Crippen molar-refractivity contribution in [3.8, 4) is 5.75 Å². The number of nitrogens with zero attached hydrogens (tertiary/aromatic N) is 1. The Labute approximate surface area is 149 Å². The highest BCUT2D eigenvalue weighted by atomic mass is 16.8. The van der Waals surface area contributed by atoms with Gasteiger partial charge in [0.1, 0.15) is 24.5 Å². The third-order valence-electron chi connectivity index (χ3n) is 4.50. The van der Waals surface area contributed by atoms with Gasteiger partial charge in [-0.15, -0.1) is 0 Å². The molecule has 0 aromatic heterocycles. The third kappa shape index (κ3) is 2.82. The molecule has 9 heteroatoms. The first-order chi connectivity index (χ1) is 12.3. The molecule has 1 N–H and O–H groups in total. The molecule has 3 aliphatic heterocycles. The maximum atomic E-state index is 12.3. The number of ether oxygens (including phenoxy) is 5. The van der Waals surface area contributed by atoms with Crippen LogP contribution in [0.1, 0.15) is 13.8 Å². The minimum Gasteiger partial charge on any atom is -0.411 e. The smallest absolute Gasteiger partial charge is 0.411 e. The van der Waals surface area contributed by atoms with E-state index in [1.807, 2.05) is 0 Å². The van der Waals surface area contributed by atoms with Gasteiger partial charge in [-0.05, 0) is 26.0 Å². The quantitative estimate of drug-likeness (QED) is 0.793. The fourth-order valence-corrected chi connectivity index (χ4v) is 3.35. The summed E-state index contributed by atoms with van der Waals surface area (Å²) in [4.78, 5) is 25.2. The summed E-state index contributed by atoms with van der Waals surface area (Å²) in [5, 5.41) is 10.7. The predicted molar refractivity (Wildman–Crippen MR) is 84.2 cm³/mol. The lowest BCUT2D eigenvalue weighted by Crippen LogP contribution is -2.62. The zero-order chi connectivity index (χ0) is 18.5. The molecule has 0 unspecified atom stereocenters. The Balaban J connectivity index is 1.49. The number of carbonyl (C=O) groups excluding carboxylic acids is 2. The Hall–Kier alpha value is -2.20. The second-order valence-corrected chi connectivity index (χ2v) is 6.84. The summed E-state index contributed by atoms with van der Waals surface area (Å²) in [6.07, 6.45) is -4.42. The number of para-hydroxylation sites is 1. The minimum atomic E-state index is -1.71. The first-order valence-electron chi connectivity index (χ1n) is 8.25. The van der Waals surface area contributed by atoms with Crippen LogP contribution in [0.15, 0.2) is 30.3 Å². The van der Waals surface area contributed by atoms with E-state index in [0.717, 1.165) is 4.90 Å². The van der Waals surface area contributed by atoms with Gasteiger partial charge in [0.15, 0.2) is 11.9 Å². The number of amides is 2. The maximum Gasteiger partial charge on any atom is 0.425 e. The fraction of sp³-hybridized carbons (Fsp3) is 0.529. The molecule has 2 amide bonds. The highest BCUT2D eigenvalue weighted by molar-refractivity contribution is 5.90. The van der Waals surface area contributed by atoms with Crippen molar-refractivity contribution in [3.63, 3.8) is 0 Å². The van der Waals surface area contributed by atoms with Gasteiger partial charge in [-0.2, -0.15) is 0 Å². The van der Waals surface area contributed by atoms with Crippen LogP contribution < -0.4 is 4.74 Å². The highest BCUT2D eigenvalue weighted by Crippen LogP contribution is 2.41. The number of benzene rings is 1. The van der Waals surface area contributed by atoms with Crippen LogP contribution in [0.25, 0.3) is 0 Å². The van der Waals surface area contributed by atoms with E-state index in [-0.39, 0.29) is 18.9 Å². The number of imide groups is 1. The van der Waals surface area contributed by atoms with Crippen molar-refractivity contribution in [2.24, 2.45) is 0 Å². The van der Waals surface area contributed by atoms with Crippen molar-refractivity contribution in [2.75, 3.05) is 13.2 Å². The van der Waals surface area contributed by atoms with Gasteiger partial charge in [0.05, 0.1) is 6.61 Å². The largest absolute Gasteiger partial charge is 0.425 e. The van der Waals surface area contributed by atoms with Gasteiger partial charge in [0.25, 0.3) is 5.79 Å². The molecular formula is C17H19NO8. The highest BCUT2D eigenvalue weighted by Gasteiger charge is 2.63. The summed E-state index contributed by atoms with van der Waals surface area (Å²) in [6.45, 7) is 3.18. The lowest BCUT2D eigenvalue weighted by molar-refractivity contribution is -0.287. The van der Waals surface area contributed by atoms with Crippen molar-refractivity contribution < 1.29 is 38.4 Å². The van der Waals surface area contributed by atoms with E-state index in [1.54, 1.807) is 44.2 Å². The molecule has 4 rings (SSSR count). The van der Waals surface area contributed by atoms with Crippen LogP contribution in [0.5, 0.6) is 5.75 Å². The van der Waals surface area contributed by atoms with Crippen molar-refractivity contribution in [1.82, 2.24) is 4.90 Å². The van der Waals surface area contributed by atoms with Crippen LogP contribution in [0, 0.1) is 0 Å². The van der Waals surface area contributed by atoms with Crippen LogP contribution in [0.2, 0.25) is 0 Å². The summed E-state index contributed by atoms with van der Waals surface area (Å²) < 4.78 is 27.3. The average Bonchev–Trinajstić information content (AvgIpc) is 3.10. The van der Waals surface area contributed by atoms with Gasteiger partial charge in [0.2, 0.25) is 0 Å². The van der Waals surface area contributed by atoms with Crippen molar-refractivity contribution in [1.29, 1.82) is 0 Å². The van der Waals surface area contributed by atoms with Crippen molar-refractivity contribution in [3.05, 3.63) is 30.3 Å². The molecule has 3 fully saturated rings. The Morgan fingerprint density at radius 3 is 2.73 bits per heavy atom. The van der Waals surface area contributed by atoms with E-state index in [0.29, 0.717) is 0 Å². The molecular weight excluding hydrogens is 346 g/mol.